The zero-order valence-electron chi connectivity index (χ0n) is 11.7. The second-order valence-electron chi connectivity index (χ2n) is 5.05. The number of aromatic amines is 1. The van der Waals surface area contributed by atoms with Crippen LogP contribution in [0.2, 0.25) is 5.02 Å². The van der Waals surface area contributed by atoms with Crippen LogP contribution in [-0.2, 0) is 17.0 Å². The molecule has 1 aromatic heterocycles. The Morgan fingerprint density at radius 2 is 2.41 bits per heavy atom. The third-order valence-corrected chi connectivity index (χ3v) is 4.90. The molecule has 8 heteroatoms. The average molecular weight is 344 g/mol. The van der Waals surface area contributed by atoms with E-state index in [-0.39, 0.29) is 17.6 Å². The summed E-state index contributed by atoms with van der Waals surface area (Å²) in [5.74, 6) is -0.0509. The highest BCUT2D eigenvalue weighted by Crippen LogP contribution is 2.27. The molecule has 0 bridgehead atoms. The van der Waals surface area contributed by atoms with E-state index in [1.165, 1.54) is 22.4 Å². The Hall–Kier alpha value is -1.31. The molecule has 0 aliphatic carbocycles. The van der Waals surface area contributed by atoms with Crippen LogP contribution in [0.15, 0.2) is 28.2 Å². The van der Waals surface area contributed by atoms with Crippen LogP contribution in [0.5, 0.6) is 0 Å². The summed E-state index contributed by atoms with van der Waals surface area (Å²) >= 11 is 7.28. The van der Waals surface area contributed by atoms with Gasteiger partial charge in [-0.15, -0.1) is 5.10 Å². The number of rotatable bonds is 5. The first kappa shape index (κ1) is 15.6. The molecule has 3 rings (SSSR count). The van der Waals surface area contributed by atoms with Crippen LogP contribution in [0.1, 0.15) is 18.4 Å². The van der Waals surface area contributed by atoms with Crippen molar-refractivity contribution in [2.75, 3.05) is 6.61 Å². The van der Waals surface area contributed by atoms with Crippen molar-refractivity contribution in [2.24, 2.45) is 0 Å². The number of ether oxygens (including phenoxy) is 1. The number of H-pyrrole nitrogens is 1. The monoisotopic (exact) mass is 343 g/mol. The van der Waals surface area contributed by atoms with E-state index in [1.807, 2.05) is 0 Å². The predicted molar refractivity (Wildman–Crippen MR) is 82.8 cm³/mol. The van der Waals surface area contributed by atoms with Gasteiger partial charge in [0.25, 0.3) is 0 Å². The summed E-state index contributed by atoms with van der Waals surface area (Å²) in [7, 11) is 0. The van der Waals surface area contributed by atoms with Crippen molar-refractivity contribution in [3.05, 3.63) is 45.1 Å². The molecule has 0 spiro atoms. The first-order valence-corrected chi connectivity index (χ1v) is 8.34. The van der Waals surface area contributed by atoms with Crippen LogP contribution in [-0.4, -0.2) is 27.5 Å². The van der Waals surface area contributed by atoms with Crippen LogP contribution in [0.4, 0.5) is 4.39 Å². The van der Waals surface area contributed by atoms with Gasteiger partial charge in [0, 0.05) is 22.9 Å². The molecule has 0 radical (unpaired) electrons. The van der Waals surface area contributed by atoms with Gasteiger partial charge in [0.05, 0.1) is 12.6 Å². The minimum Gasteiger partial charge on any atom is -0.376 e. The van der Waals surface area contributed by atoms with E-state index in [9.17, 15) is 9.18 Å². The fourth-order valence-corrected chi connectivity index (χ4v) is 3.67. The van der Waals surface area contributed by atoms with Crippen molar-refractivity contribution in [3.63, 3.8) is 0 Å². The Morgan fingerprint density at radius 3 is 3.14 bits per heavy atom. The zero-order valence-corrected chi connectivity index (χ0v) is 13.3. The van der Waals surface area contributed by atoms with E-state index < -0.39 is 0 Å². The molecule has 2 heterocycles. The lowest BCUT2D eigenvalue weighted by Gasteiger charge is -2.11. The van der Waals surface area contributed by atoms with E-state index in [1.54, 1.807) is 12.1 Å². The minimum absolute atomic E-state index is 0.0340. The van der Waals surface area contributed by atoms with Gasteiger partial charge in [0.15, 0.2) is 5.16 Å². The summed E-state index contributed by atoms with van der Waals surface area (Å²) in [5, 5.41) is 7.32. The Bertz CT molecular complexity index is 692. The number of nitrogens with one attached hydrogen (secondary N) is 1. The Labute approximate surface area is 135 Å². The third-order valence-electron chi connectivity index (χ3n) is 3.54. The molecule has 0 saturated carbocycles. The van der Waals surface area contributed by atoms with Gasteiger partial charge in [-0.2, -0.15) is 0 Å². The number of hydrogen-bond donors (Lipinski definition) is 1. The van der Waals surface area contributed by atoms with Gasteiger partial charge < -0.3 is 4.74 Å². The van der Waals surface area contributed by atoms with Crippen LogP contribution in [0.3, 0.4) is 0 Å². The van der Waals surface area contributed by atoms with E-state index in [4.69, 9.17) is 16.3 Å². The lowest BCUT2D eigenvalue weighted by molar-refractivity contribution is 0.0941. The second kappa shape index (κ2) is 6.85. The van der Waals surface area contributed by atoms with Gasteiger partial charge >= 0.3 is 5.69 Å². The fourth-order valence-electron chi connectivity index (χ4n) is 2.37. The Morgan fingerprint density at radius 1 is 1.55 bits per heavy atom. The molecule has 1 fully saturated rings. The molecule has 1 saturated heterocycles. The molecule has 1 N–H and O–H groups in total. The van der Waals surface area contributed by atoms with Crippen LogP contribution < -0.4 is 5.69 Å². The van der Waals surface area contributed by atoms with Gasteiger partial charge in [0.1, 0.15) is 5.82 Å². The highest BCUT2D eigenvalue weighted by Gasteiger charge is 2.20. The summed E-state index contributed by atoms with van der Waals surface area (Å²) in [6, 6.07) is 4.57. The molecule has 0 amide bonds. The van der Waals surface area contributed by atoms with Crippen molar-refractivity contribution < 1.29 is 9.13 Å². The van der Waals surface area contributed by atoms with Crippen molar-refractivity contribution in [2.45, 2.75) is 36.4 Å². The normalized spacial score (nSPS) is 18.0. The summed E-state index contributed by atoms with van der Waals surface area (Å²) in [6.07, 6.45) is 1.97. The molecular weight excluding hydrogens is 329 g/mol. The maximum Gasteiger partial charge on any atom is 0.344 e. The molecule has 2 aromatic rings. The average Bonchev–Trinajstić information content (AvgIpc) is 3.11. The van der Waals surface area contributed by atoms with E-state index >= 15 is 0 Å². The molecule has 1 unspecified atom stereocenters. The molecule has 5 nitrogen and oxygen atoms in total. The highest BCUT2D eigenvalue weighted by molar-refractivity contribution is 7.98. The lowest BCUT2D eigenvalue weighted by Crippen LogP contribution is -2.24. The zero-order chi connectivity index (χ0) is 15.5. The first-order valence-electron chi connectivity index (χ1n) is 6.97. The van der Waals surface area contributed by atoms with Gasteiger partial charge in [0.2, 0.25) is 0 Å². The quantitative estimate of drug-likeness (QED) is 0.848. The minimum atomic E-state index is -0.358. The van der Waals surface area contributed by atoms with Gasteiger partial charge in [-0.3, -0.25) is 4.57 Å². The largest absolute Gasteiger partial charge is 0.376 e. The molecule has 1 aliphatic rings. The molecule has 1 aromatic carbocycles. The summed E-state index contributed by atoms with van der Waals surface area (Å²) in [5.41, 5.74) is 0.130. The number of aromatic nitrogens is 3. The Balaban J connectivity index is 1.74. The Kier molecular flexibility index (Phi) is 4.85. The van der Waals surface area contributed by atoms with Gasteiger partial charge in [-0.25, -0.2) is 14.3 Å². The molecule has 1 aliphatic heterocycles. The standard InChI is InChI=1S/C14H15ClFN3O2S/c15-11-4-1-5-12(16)10(11)8-22-14-18-17-13(20)19(14)7-9-3-2-6-21-9/h1,4-5,9H,2-3,6-8H2,(H,17,20). The summed E-state index contributed by atoms with van der Waals surface area (Å²) < 4.78 is 20.9. The van der Waals surface area contributed by atoms with Crippen molar-refractivity contribution >= 4 is 23.4 Å². The topological polar surface area (TPSA) is 59.9 Å². The maximum atomic E-state index is 13.8. The second-order valence-corrected chi connectivity index (χ2v) is 6.40. The summed E-state index contributed by atoms with van der Waals surface area (Å²) in [4.78, 5) is 11.8. The molecule has 118 valence electrons. The molecule has 1 atom stereocenters. The van der Waals surface area contributed by atoms with E-state index in [2.05, 4.69) is 10.2 Å². The number of hydrogen-bond acceptors (Lipinski definition) is 4. The smallest absolute Gasteiger partial charge is 0.344 e. The fraction of sp³-hybridized carbons (Fsp3) is 0.429. The number of nitrogens with zero attached hydrogens (tertiary/aromatic N) is 2. The third kappa shape index (κ3) is 3.37. The van der Waals surface area contributed by atoms with Crippen molar-refractivity contribution in [3.8, 4) is 0 Å². The highest BCUT2D eigenvalue weighted by atomic mass is 35.5. The van der Waals surface area contributed by atoms with Crippen LogP contribution >= 0.6 is 23.4 Å². The van der Waals surface area contributed by atoms with E-state index in [0.29, 0.717) is 28.0 Å². The number of thioether (sulfide) groups is 1. The lowest BCUT2D eigenvalue weighted by atomic mass is 10.2. The van der Waals surface area contributed by atoms with Crippen molar-refractivity contribution in [1.82, 2.24) is 14.8 Å². The maximum absolute atomic E-state index is 13.8. The van der Waals surface area contributed by atoms with E-state index in [0.717, 1.165) is 19.4 Å². The van der Waals surface area contributed by atoms with Crippen LogP contribution in [0, 0.1) is 5.82 Å². The summed E-state index contributed by atoms with van der Waals surface area (Å²) in [6.45, 7) is 1.19. The first-order chi connectivity index (χ1) is 10.6. The molecular formula is C14H15ClFN3O2S. The van der Waals surface area contributed by atoms with Gasteiger partial charge in [-0.1, -0.05) is 29.4 Å². The number of halogens is 2. The predicted octanol–water partition coefficient (Wildman–Crippen LogP) is 2.84. The SMILES string of the molecule is O=c1[nH]nc(SCc2c(F)cccc2Cl)n1CC1CCCO1. The van der Waals surface area contributed by atoms with Crippen LogP contribution in [0.25, 0.3) is 0 Å². The van der Waals surface area contributed by atoms with Crippen molar-refractivity contribution in [1.29, 1.82) is 0 Å². The number of benzene rings is 1. The van der Waals surface area contributed by atoms with Gasteiger partial charge in [-0.05, 0) is 25.0 Å². The molecule has 22 heavy (non-hydrogen) atoms.